The molecular weight excluding hydrogens is 300 g/mol. The highest BCUT2D eigenvalue weighted by Crippen LogP contribution is 2.19. The van der Waals surface area contributed by atoms with Crippen molar-refractivity contribution in [3.8, 4) is 0 Å². The third kappa shape index (κ3) is 3.97. The minimum atomic E-state index is -1.57. The maximum Gasteiger partial charge on any atom is 0.226 e. The molecule has 3 nitrogen and oxygen atoms in total. The van der Waals surface area contributed by atoms with Crippen LogP contribution in [0, 0.1) is 23.3 Å². The summed E-state index contributed by atoms with van der Waals surface area (Å²) in [5.41, 5.74) is 0.193. The maximum absolute atomic E-state index is 13.4. The molecule has 116 valence electrons. The van der Waals surface area contributed by atoms with E-state index in [0.29, 0.717) is 5.69 Å². The molecular formula is C15H12F4N2O. The van der Waals surface area contributed by atoms with E-state index in [-0.39, 0.29) is 24.6 Å². The first-order valence-electron chi connectivity index (χ1n) is 6.40. The first-order chi connectivity index (χ1) is 10.5. The van der Waals surface area contributed by atoms with Crippen molar-refractivity contribution in [2.75, 3.05) is 17.2 Å². The molecule has 0 radical (unpaired) electrons. The molecule has 22 heavy (non-hydrogen) atoms. The van der Waals surface area contributed by atoms with E-state index in [4.69, 9.17) is 0 Å². The lowest BCUT2D eigenvalue weighted by Crippen LogP contribution is -2.16. The number of carbonyl (C=O) groups excluding carboxylic acids is 1. The van der Waals surface area contributed by atoms with Gasteiger partial charge in [0.2, 0.25) is 5.91 Å². The minimum absolute atomic E-state index is 0.0228. The van der Waals surface area contributed by atoms with Gasteiger partial charge < -0.3 is 10.6 Å². The zero-order valence-electron chi connectivity index (χ0n) is 11.3. The van der Waals surface area contributed by atoms with Gasteiger partial charge in [-0.1, -0.05) is 0 Å². The molecule has 0 aromatic heterocycles. The van der Waals surface area contributed by atoms with E-state index in [1.165, 1.54) is 24.3 Å². The Bertz CT molecular complexity index is 674. The average molecular weight is 312 g/mol. The molecule has 0 bridgehead atoms. The third-order valence-electron chi connectivity index (χ3n) is 2.83. The summed E-state index contributed by atoms with van der Waals surface area (Å²) >= 11 is 0. The molecule has 2 aromatic carbocycles. The van der Waals surface area contributed by atoms with Gasteiger partial charge in [0.1, 0.15) is 5.82 Å². The van der Waals surface area contributed by atoms with Crippen molar-refractivity contribution in [2.45, 2.75) is 6.42 Å². The van der Waals surface area contributed by atoms with Crippen LogP contribution in [0.1, 0.15) is 6.42 Å². The summed E-state index contributed by atoms with van der Waals surface area (Å²) in [5.74, 6) is -4.99. The lowest BCUT2D eigenvalue weighted by atomic mass is 10.2. The van der Waals surface area contributed by atoms with Gasteiger partial charge in [-0.2, -0.15) is 0 Å². The molecule has 0 saturated carbocycles. The van der Waals surface area contributed by atoms with Gasteiger partial charge in [0.05, 0.1) is 5.69 Å². The number of halogens is 4. The summed E-state index contributed by atoms with van der Waals surface area (Å²) in [6.45, 7) is 0.0228. The van der Waals surface area contributed by atoms with Crippen molar-refractivity contribution in [1.82, 2.24) is 0 Å². The van der Waals surface area contributed by atoms with Crippen LogP contribution in [-0.4, -0.2) is 12.5 Å². The summed E-state index contributed by atoms with van der Waals surface area (Å²) < 4.78 is 51.8. The van der Waals surface area contributed by atoms with Crippen LogP contribution in [0.4, 0.5) is 28.9 Å². The van der Waals surface area contributed by atoms with E-state index in [0.717, 1.165) is 12.1 Å². The van der Waals surface area contributed by atoms with Crippen molar-refractivity contribution in [2.24, 2.45) is 0 Å². The number of amides is 1. The molecule has 0 atom stereocenters. The number of carbonyl (C=O) groups is 1. The SMILES string of the molecule is O=C(CCNc1ccc(F)c(F)c1F)Nc1ccc(F)cc1. The maximum atomic E-state index is 13.4. The highest BCUT2D eigenvalue weighted by Gasteiger charge is 2.13. The molecule has 0 spiro atoms. The molecule has 2 N–H and O–H groups in total. The first kappa shape index (κ1) is 15.8. The molecule has 0 heterocycles. The molecule has 0 fully saturated rings. The second-order valence-corrected chi connectivity index (χ2v) is 4.45. The van der Waals surface area contributed by atoms with E-state index < -0.39 is 23.3 Å². The summed E-state index contributed by atoms with van der Waals surface area (Å²) in [5, 5.41) is 5.02. The molecule has 2 rings (SSSR count). The number of benzene rings is 2. The Balaban J connectivity index is 1.84. The van der Waals surface area contributed by atoms with Crippen LogP contribution in [0.2, 0.25) is 0 Å². The van der Waals surface area contributed by atoms with Gasteiger partial charge in [0.25, 0.3) is 0 Å². The Morgan fingerprint density at radius 3 is 2.27 bits per heavy atom. The van der Waals surface area contributed by atoms with E-state index in [9.17, 15) is 22.4 Å². The van der Waals surface area contributed by atoms with Crippen molar-refractivity contribution >= 4 is 17.3 Å². The Morgan fingerprint density at radius 2 is 1.59 bits per heavy atom. The minimum Gasteiger partial charge on any atom is -0.382 e. The fourth-order valence-electron chi connectivity index (χ4n) is 1.73. The summed E-state index contributed by atoms with van der Waals surface area (Å²) in [4.78, 5) is 11.6. The molecule has 2 aromatic rings. The molecule has 0 unspecified atom stereocenters. The van der Waals surface area contributed by atoms with Crippen LogP contribution >= 0.6 is 0 Å². The largest absolute Gasteiger partial charge is 0.382 e. The number of anilines is 2. The van der Waals surface area contributed by atoms with Gasteiger partial charge >= 0.3 is 0 Å². The van der Waals surface area contributed by atoms with Crippen LogP contribution in [-0.2, 0) is 4.79 Å². The molecule has 1 amide bonds. The zero-order chi connectivity index (χ0) is 16.1. The van der Waals surface area contributed by atoms with Crippen LogP contribution in [0.5, 0.6) is 0 Å². The van der Waals surface area contributed by atoms with Crippen LogP contribution in [0.25, 0.3) is 0 Å². The van der Waals surface area contributed by atoms with Gasteiger partial charge in [-0.25, -0.2) is 17.6 Å². The lowest BCUT2D eigenvalue weighted by Gasteiger charge is -2.09. The van der Waals surface area contributed by atoms with Gasteiger partial charge in [0.15, 0.2) is 17.5 Å². The fourth-order valence-corrected chi connectivity index (χ4v) is 1.73. The van der Waals surface area contributed by atoms with Gasteiger partial charge in [-0.15, -0.1) is 0 Å². The van der Waals surface area contributed by atoms with Gasteiger partial charge in [0, 0.05) is 18.7 Å². The summed E-state index contributed by atoms with van der Waals surface area (Å²) in [6.07, 6.45) is -0.0319. The molecule has 0 aliphatic carbocycles. The van der Waals surface area contributed by atoms with Crippen molar-refractivity contribution in [1.29, 1.82) is 0 Å². The van der Waals surface area contributed by atoms with Crippen molar-refractivity contribution in [3.63, 3.8) is 0 Å². The Kier molecular flexibility index (Phi) is 4.98. The van der Waals surface area contributed by atoms with Crippen molar-refractivity contribution < 1.29 is 22.4 Å². The standard InChI is InChI=1S/C15H12F4N2O/c16-9-1-3-10(4-2-9)21-13(22)7-8-20-12-6-5-11(17)14(18)15(12)19/h1-6,20H,7-8H2,(H,21,22). The fraction of sp³-hybridized carbons (Fsp3) is 0.133. The number of nitrogens with one attached hydrogen (secondary N) is 2. The molecule has 0 aliphatic rings. The predicted molar refractivity (Wildman–Crippen MR) is 74.5 cm³/mol. The Labute approximate surface area is 124 Å². The molecule has 7 heteroatoms. The van der Waals surface area contributed by atoms with Crippen LogP contribution in [0.15, 0.2) is 36.4 Å². The van der Waals surface area contributed by atoms with Crippen molar-refractivity contribution in [3.05, 3.63) is 59.7 Å². The van der Waals surface area contributed by atoms with E-state index in [1.54, 1.807) is 0 Å². The Morgan fingerprint density at radius 1 is 0.909 bits per heavy atom. The summed E-state index contributed by atoms with van der Waals surface area (Å²) in [6, 6.07) is 7.03. The summed E-state index contributed by atoms with van der Waals surface area (Å²) in [7, 11) is 0. The second kappa shape index (κ2) is 6.93. The molecule has 0 saturated heterocycles. The predicted octanol–water partition coefficient (Wildman–Crippen LogP) is 3.68. The third-order valence-corrected chi connectivity index (χ3v) is 2.83. The van der Waals surface area contributed by atoms with Crippen LogP contribution in [0.3, 0.4) is 0 Å². The topological polar surface area (TPSA) is 41.1 Å². The number of hydrogen-bond donors (Lipinski definition) is 2. The van der Waals surface area contributed by atoms with E-state index in [1.807, 2.05) is 0 Å². The van der Waals surface area contributed by atoms with Gasteiger partial charge in [-0.05, 0) is 36.4 Å². The normalized spacial score (nSPS) is 10.4. The van der Waals surface area contributed by atoms with Gasteiger partial charge in [-0.3, -0.25) is 4.79 Å². The second-order valence-electron chi connectivity index (χ2n) is 4.45. The zero-order valence-corrected chi connectivity index (χ0v) is 11.3. The number of rotatable bonds is 5. The first-order valence-corrected chi connectivity index (χ1v) is 6.40. The average Bonchev–Trinajstić information content (AvgIpc) is 2.49. The van der Waals surface area contributed by atoms with E-state index in [2.05, 4.69) is 10.6 Å². The highest BCUT2D eigenvalue weighted by atomic mass is 19.2. The smallest absolute Gasteiger partial charge is 0.226 e. The monoisotopic (exact) mass is 312 g/mol. The quantitative estimate of drug-likeness (QED) is 0.653. The highest BCUT2D eigenvalue weighted by molar-refractivity contribution is 5.90. The van der Waals surface area contributed by atoms with E-state index >= 15 is 0 Å². The Hall–Kier alpha value is -2.57. The lowest BCUT2D eigenvalue weighted by molar-refractivity contribution is -0.115. The number of hydrogen-bond acceptors (Lipinski definition) is 2. The van der Waals surface area contributed by atoms with Crippen LogP contribution < -0.4 is 10.6 Å². The molecule has 0 aliphatic heterocycles.